The van der Waals surface area contributed by atoms with Gasteiger partial charge in [0.2, 0.25) is 0 Å². The van der Waals surface area contributed by atoms with Crippen molar-refractivity contribution in [3.8, 4) is 5.75 Å². The number of amides is 1. The van der Waals surface area contributed by atoms with Crippen molar-refractivity contribution < 1.29 is 27.9 Å². The first kappa shape index (κ1) is 21.5. The molecule has 0 N–H and O–H groups in total. The molecule has 2 aromatic rings. The van der Waals surface area contributed by atoms with Gasteiger partial charge in [-0.15, -0.1) is 0 Å². The summed E-state index contributed by atoms with van der Waals surface area (Å²) in [5.74, 6) is -0.706. The third-order valence-electron chi connectivity index (χ3n) is 5.82. The highest BCUT2D eigenvalue weighted by Gasteiger charge is 2.49. The Kier molecular flexibility index (Phi) is 6.61. The minimum absolute atomic E-state index is 0.144. The molecule has 0 saturated carbocycles. The number of carbonyl (C=O) groups is 2. The standard InChI is InChI=1S/C27H36N2O5/c1-26(2,3)34-25(31)29-16-15-27(22(19-29)18-28(4)5,21-13-10-14-23(17-21)32-6)33-24(30)20-11-8-7-9-12-20/h7-14,17,22H,15-16,18-19H2,1-6H3/i6D3. The van der Waals surface area contributed by atoms with Crippen LogP contribution in [0, 0.1) is 5.92 Å². The van der Waals surface area contributed by atoms with Crippen molar-refractivity contribution in [2.75, 3.05) is 40.8 Å². The fraction of sp³-hybridized carbons (Fsp3) is 0.481. The summed E-state index contributed by atoms with van der Waals surface area (Å²) in [6.45, 7) is 6.49. The van der Waals surface area contributed by atoms with Gasteiger partial charge in [-0.1, -0.05) is 30.3 Å². The number of carbonyl (C=O) groups excluding carboxylic acids is 2. The number of methoxy groups -OCH3 is 1. The highest BCUT2D eigenvalue weighted by molar-refractivity contribution is 5.89. The van der Waals surface area contributed by atoms with Gasteiger partial charge in [-0.2, -0.15) is 0 Å². The zero-order valence-electron chi connectivity index (χ0n) is 23.5. The van der Waals surface area contributed by atoms with E-state index >= 15 is 0 Å². The first-order valence-electron chi connectivity index (χ1n) is 12.9. The minimum atomic E-state index is -2.63. The Hall–Kier alpha value is -3.06. The van der Waals surface area contributed by atoms with E-state index in [2.05, 4.69) is 0 Å². The van der Waals surface area contributed by atoms with Crippen molar-refractivity contribution in [3.05, 3.63) is 65.7 Å². The second-order valence-electron chi connectivity index (χ2n) is 9.91. The predicted octanol–water partition coefficient (Wildman–Crippen LogP) is 4.57. The highest BCUT2D eigenvalue weighted by Crippen LogP contribution is 2.43. The van der Waals surface area contributed by atoms with Gasteiger partial charge in [0.25, 0.3) is 0 Å². The highest BCUT2D eigenvalue weighted by atomic mass is 16.6. The lowest BCUT2D eigenvalue weighted by molar-refractivity contribution is -0.0987. The molecule has 2 aromatic carbocycles. The summed E-state index contributed by atoms with van der Waals surface area (Å²) in [6, 6.07) is 15.3. The molecular weight excluding hydrogens is 432 g/mol. The first-order valence-corrected chi connectivity index (χ1v) is 11.4. The van der Waals surface area contributed by atoms with Crippen LogP contribution in [0.15, 0.2) is 54.6 Å². The lowest BCUT2D eigenvalue weighted by atomic mass is 9.75. The van der Waals surface area contributed by atoms with Gasteiger partial charge in [-0.3, -0.25) is 0 Å². The molecule has 1 aliphatic heterocycles. The topological polar surface area (TPSA) is 68.3 Å². The first-order chi connectivity index (χ1) is 17.2. The zero-order valence-corrected chi connectivity index (χ0v) is 20.5. The van der Waals surface area contributed by atoms with Crippen molar-refractivity contribution in [1.29, 1.82) is 0 Å². The number of piperidine rings is 1. The second kappa shape index (κ2) is 10.5. The maximum atomic E-state index is 13.4. The molecule has 3 rings (SSSR count). The van der Waals surface area contributed by atoms with Crippen molar-refractivity contribution in [1.82, 2.24) is 9.80 Å². The molecule has 1 aliphatic rings. The SMILES string of the molecule is [2H]C([2H])([2H])Oc1cccc(C2(OC(=O)c3ccccc3)CCN(C(=O)OC(C)(C)C)CC2CN(C)C)c1. The Balaban J connectivity index is 2.06. The molecule has 0 bridgehead atoms. The van der Waals surface area contributed by atoms with Gasteiger partial charge in [0, 0.05) is 32.0 Å². The minimum Gasteiger partial charge on any atom is -0.497 e. The van der Waals surface area contributed by atoms with Gasteiger partial charge in [0.05, 0.1) is 16.7 Å². The fourth-order valence-electron chi connectivity index (χ4n) is 4.34. The molecule has 1 amide bonds. The Morgan fingerprint density at radius 3 is 2.53 bits per heavy atom. The number of hydrogen-bond acceptors (Lipinski definition) is 6. The van der Waals surface area contributed by atoms with E-state index < -0.39 is 30.3 Å². The van der Waals surface area contributed by atoms with Crippen molar-refractivity contribution >= 4 is 12.1 Å². The van der Waals surface area contributed by atoms with E-state index in [-0.39, 0.29) is 24.8 Å². The molecule has 184 valence electrons. The van der Waals surface area contributed by atoms with Gasteiger partial charge in [0.1, 0.15) is 17.0 Å². The van der Waals surface area contributed by atoms with Gasteiger partial charge >= 0.3 is 12.1 Å². The van der Waals surface area contributed by atoms with Crippen molar-refractivity contribution in [3.63, 3.8) is 0 Å². The predicted molar refractivity (Wildman–Crippen MR) is 131 cm³/mol. The van der Waals surface area contributed by atoms with Crippen molar-refractivity contribution in [2.45, 2.75) is 38.4 Å². The van der Waals surface area contributed by atoms with Crippen LogP contribution in [0.3, 0.4) is 0 Å². The van der Waals surface area contributed by atoms with E-state index in [1.165, 1.54) is 0 Å². The number of benzene rings is 2. The molecule has 0 radical (unpaired) electrons. The summed E-state index contributed by atoms with van der Waals surface area (Å²) in [4.78, 5) is 29.9. The molecule has 1 fully saturated rings. The van der Waals surface area contributed by atoms with Crippen LogP contribution in [-0.2, 0) is 15.1 Å². The smallest absolute Gasteiger partial charge is 0.410 e. The van der Waals surface area contributed by atoms with Crippen molar-refractivity contribution in [2.24, 2.45) is 5.92 Å². The van der Waals surface area contributed by atoms with Gasteiger partial charge in [-0.05, 0) is 64.7 Å². The van der Waals surface area contributed by atoms with Gasteiger partial charge in [0.15, 0.2) is 0 Å². The van der Waals surface area contributed by atoms with Gasteiger partial charge in [-0.25, -0.2) is 9.59 Å². The second-order valence-corrected chi connectivity index (χ2v) is 9.91. The Morgan fingerprint density at radius 2 is 1.88 bits per heavy atom. The molecule has 7 nitrogen and oxygen atoms in total. The lowest BCUT2D eigenvalue weighted by Crippen LogP contribution is -2.56. The summed E-state index contributed by atoms with van der Waals surface area (Å²) in [5, 5.41) is 0. The van der Waals surface area contributed by atoms with E-state index in [1.807, 2.05) is 45.8 Å². The summed E-state index contributed by atoms with van der Waals surface area (Å²) in [7, 11) is 1.18. The summed E-state index contributed by atoms with van der Waals surface area (Å²) in [6.07, 6.45) is -0.140. The van der Waals surface area contributed by atoms with Gasteiger partial charge < -0.3 is 24.0 Å². The van der Waals surface area contributed by atoms with E-state index in [1.54, 1.807) is 53.4 Å². The largest absolute Gasteiger partial charge is 0.497 e. The molecule has 2 atom stereocenters. The molecule has 34 heavy (non-hydrogen) atoms. The molecule has 0 aromatic heterocycles. The third kappa shape index (κ3) is 6.08. The van der Waals surface area contributed by atoms with Crippen LogP contribution in [0.2, 0.25) is 0 Å². The molecule has 2 unspecified atom stereocenters. The fourth-order valence-corrected chi connectivity index (χ4v) is 4.34. The quantitative estimate of drug-likeness (QED) is 0.575. The number of ether oxygens (including phenoxy) is 3. The number of nitrogens with zero attached hydrogens (tertiary/aromatic N) is 2. The van der Waals surface area contributed by atoms with E-state index in [0.29, 0.717) is 24.1 Å². The number of rotatable bonds is 6. The van der Waals surface area contributed by atoms with Crippen LogP contribution in [-0.4, -0.2) is 68.2 Å². The Bertz CT molecular complexity index is 1090. The average molecular weight is 472 g/mol. The van der Waals surface area contributed by atoms with Crippen LogP contribution in [0.1, 0.15) is 47.2 Å². The third-order valence-corrected chi connectivity index (χ3v) is 5.82. The molecule has 1 saturated heterocycles. The summed E-state index contributed by atoms with van der Waals surface area (Å²) in [5.41, 5.74) is -0.795. The zero-order chi connectivity index (χ0) is 27.4. The van der Waals surface area contributed by atoms with Crippen LogP contribution >= 0.6 is 0 Å². The Labute approximate surface area is 206 Å². The van der Waals surface area contributed by atoms with E-state index in [0.717, 1.165) is 0 Å². The molecular formula is C27H36N2O5. The van der Waals surface area contributed by atoms with Crippen LogP contribution in [0.25, 0.3) is 0 Å². The van der Waals surface area contributed by atoms with Crippen LogP contribution in [0.4, 0.5) is 4.79 Å². The molecule has 1 heterocycles. The maximum Gasteiger partial charge on any atom is 0.410 e. The lowest BCUT2D eigenvalue weighted by Gasteiger charge is -2.48. The normalized spacial score (nSPS) is 22.4. The summed E-state index contributed by atoms with van der Waals surface area (Å²) < 4.78 is 39.6. The molecule has 0 aliphatic carbocycles. The monoisotopic (exact) mass is 471 g/mol. The number of hydrogen-bond donors (Lipinski definition) is 0. The summed E-state index contributed by atoms with van der Waals surface area (Å²) >= 11 is 0. The maximum absolute atomic E-state index is 13.4. The van der Waals surface area contributed by atoms with Crippen LogP contribution in [0.5, 0.6) is 5.75 Å². The van der Waals surface area contributed by atoms with E-state index in [9.17, 15) is 9.59 Å². The molecule has 7 heteroatoms. The average Bonchev–Trinajstić information content (AvgIpc) is 2.78. The van der Waals surface area contributed by atoms with E-state index in [4.69, 9.17) is 18.3 Å². The molecule has 0 spiro atoms. The number of esters is 1. The number of likely N-dealkylation sites (tertiary alicyclic amines) is 1. The van der Waals surface area contributed by atoms with Crippen LogP contribution < -0.4 is 4.74 Å². The Morgan fingerprint density at radius 1 is 1.15 bits per heavy atom.